The van der Waals surface area contributed by atoms with Crippen LogP contribution in [-0.2, 0) is 10.3 Å². The number of methoxy groups -OCH3 is 1. The fourth-order valence-electron chi connectivity index (χ4n) is 1.65. The fourth-order valence-corrected chi connectivity index (χ4v) is 2.93. The molecule has 2 rings (SSSR count). The third-order valence-electron chi connectivity index (χ3n) is 2.76. The zero-order valence-corrected chi connectivity index (χ0v) is 12.8. The van der Waals surface area contributed by atoms with E-state index in [1.54, 1.807) is 37.4 Å². The van der Waals surface area contributed by atoms with Gasteiger partial charge in [0, 0.05) is 0 Å². The lowest BCUT2D eigenvalue weighted by molar-refractivity contribution is 0.0600. The Morgan fingerprint density at radius 1 is 1.42 bits per heavy atom. The largest absolute Gasteiger partial charge is 0.465 e. The van der Waals surface area contributed by atoms with Gasteiger partial charge in [0.25, 0.3) is 0 Å². The first kappa shape index (κ1) is 14.2. The predicted molar refractivity (Wildman–Crippen MR) is 76.3 cm³/mol. The Morgan fingerprint density at radius 3 is 2.53 bits per heavy atom. The first-order chi connectivity index (χ1) is 8.95. The number of carbonyl (C=O) groups is 1. The quantitative estimate of drug-likeness (QED) is 0.872. The molecule has 6 heteroatoms. The molecule has 1 unspecified atom stereocenters. The molecule has 1 atom stereocenters. The fraction of sp³-hybridized carbons (Fsp3) is 0.231. The number of carbonyl (C=O) groups excluding carboxylic acids is 1. The number of esters is 1. The number of halogens is 1. The van der Waals surface area contributed by atoms with E-state index >= 15 is 0 Å². The summed E-state index contributed by atoms with van der Waals surface area (Å²) in [5, 5.41) is 11.2. The van der Waals surface area contributed by atoms with Crippen LogP contribution in [0.1, 0.15) is 27.9 Å². The van der Waals surface area contributed by atoms with Crippen molar-refractivity contribution in [2.45, 2.75) is 12.5 Å². The van der Waals surface area contributed by atoms with Crippen molar-refractivity contribution < 1.29 is 14.6 Å². The molecule has 1 heterocycles. The molecule has 0 saturated heterocycles. The Kier molecular flexibility index (Phi) is 4.03. The summed E-state index contributed by atoms with van der Waals surface area (Å²) in [4.78, 5) is 15.5. The van der Waals surface area contributed by atoms with E-state index in [4.69, 9.17) is 0 Å². The zero-order valence-electron chi connectivity index (χ0n) is 10.4. The molecule has 2 aromatic rings. The average Bonchev–Trinajstić information content (AvgIpc) is 2.85. The van der Waals surface area contributed by atoms with Crippen molar-refractivity contribution in [3.05, 3.63) is 50.4 Å². The maximum absolute atomic E-state index is 11.3. The molecule has 0 aliphatic heterocycles. The normalized spacial score (nSPS) is 13.9. The number of rotatable bonds is 3. The molecule has 19 heavy (non-hydrogen) atoms. The van der Waals surface area contributed by atoms with Crippen molar-refractivity contribution in [2.24, 2.45) is 0 Å². The molecular formula is C13H12BrNO3S. The number of aromatic nitrogens is 1. The lowest BCUT2D eigenvalue weighted by Gasteiger charge is -2.21. The van der Waals surface area contributed by atoms with Crippen molar-refractivity contribution in [3.8, 4) is 0 Å². The monoisotopic (exact) mass is 341 g/mol. The van der Waals surface area contributed by atoms with Crippen LogP contribution in [0.2, 0.25) is 0 Å². The second kappa shape index (κ2) is 5.40. The second-order valence-corrected chi connectivity index (χ2v) is 6.52. The maximum atomic E-state index is 11.3. The van der Waals surface area contributed by atoms with Gasteiger partial charge in [-0.15, -0.1) is 11.3 Å². The Bertz CT molecular complexity index is 592. The highest BCUT2D eigenvalue weighted by Gasteiger charge is 2.29. The number of ether oxygens (including phenoxy) is 1. The Hall–Kier alpha value is -1.24. The SMILES string of the molecule is COC(=O)c1ccc(C(C)(O)c2ncc(Br)s2)cc1. The average molecular weight is 342 g/mol. The van der Waals surface area contributed by atoms with Crippen LogP contribution in [0.25, 0.3) is 0 Å². The minimum Gasteiger partial charge on any atom is -0.465 e. The molecule has 0 fully saturated rings. The standard InChI is InChI=1S/C13H12BrNO3S/c1-13(17,12-15-7-10(14)19-12)9-5-3-8(4-6-9)11(16)18-2/h3-7,17H,1-2H3. The summed E-state index contributed by atoms with van der Waals surface area (Å²) in [7, 11) is 1.33. The molecule has 0 saturated carbocycles. The van der Waals surface area contributed by atoms with E-state index in [-0.39, 0.29) is 0 Å². The smallest absolute Gasteiger partial charge is 0.337 e. The Balaban J connectivity index is 2.33. The summed E-state index contributed by atoms with van der Waals surface area (Å²) in [6.07, 6.45) is 1.65. The van der Waals surface area contributed by atoms with E-state index in [9.17, 15) is 9.90 Å². The van der Waals surface area contributed by atoms with Crippen molar-refractivity contribution in [1.29, 1.82) is 0 Å². The molecule has 0 spiro atoms. The minimum atomic E-state index is -1.19. The van der Waals surface area contributed by atoms with Gasteiger partial charge in [-0.05, 0) is 40.5 Å². The van der Waals surface area contributed by atoms with Gasteiger partial charge in [-0.1, -0.05) is 12.1 Å². The molecule has 1 N–H and O–H groups in total. The van der Waals surface area contributed by atoms with Crippen LogP contribution < -0.4 is 0 Å². The van der Waals surface area contributed by atoms with Crippen LogP contribution in [0.4, 0.5) is 0 Å². The number of hydrogen-bond acceptors (Lipinski definition) is 5. The summed E-state index contributed by atoms with van der Waals surface area (Å²) in [5.41, 5.74) is -0.0740. The molecule has 1 aromatic carbocycles. The van der Waals surface area contributed by atoms with Gasteiger partial charge >= 0.3 is 5.97 Å². The maximum Gasteiger partial charge on any atom is 0.337 e. The van der Waals surface area contributed by atoms with Crippen molar-refractivity contribution in [3.63, 3.8) is 0 Å². The highest BCUT2D eigenvalue weighted by atomic mass is 79.9. The van der Waals surface area contributed by atoms with Gasteiger partial charge in [-0.2, -0.15) is 0 Å². The molecule has 1 aromatic heterocycles. The summed E-state index contributed by atoms with van der Waals surface area (Å²) in [6.45, 7) is 1.67. The number of thiazole rings is 1. The summed E-state index contributed by atoms with van der Waals surface area (Å²) < 4.78 is 5.49. The highest BCUT2D eigenvalue weighted by molar-refractivity contribution is 9.11. The van der Waals surface area contributed by atoms with Crippen LogP contribution in [0.5, 0.6) is 0 Å². The van der Waals surface area contributed by atoms with Crippen LogP contribution in [0, 0.1) is 0 Å². The molecule has 100 valence electrons. The molecule has 0 amide bonds. The number of hydrogen-bond donors (Lipinski definition) is 1. The summed E-state index contributed by atoms with van der Waals surface area (Å²) in [5.74, 6) is -0.400. The first-order valence-electron chi connectivity index (χ1n) is 5.48. The molecule has 4 nitrogen and oxygen atoms in total. The van der Waals surface area contributed by atoms with Crippen LogP contribution in [0.3, 0.4) is 0 Å². The number of aliphatic hydroxyl groups is 1. The Morgan fingerprint density at radius 2 is 2.05 bits per heavy atom. The van der Waals surface area contributed by atoms with Gasteiger partial charge in [-0.3, -0.25) is 0 Å². The van der Waals surface area contributed by atoms with E-state index in [0.29, 0.717) is 16.1 Å². The molecule has 0 radical (unpaired) electrons. The summed E-state index contributed by atoms with van der Waals surface area (Å²) >= 11 is 4.69. The van der Waals surface area contributed by atoms with Gasteiger partial charge in [-0.25, -0.2) is 9.78 Å². The minimum absolute atomic E-state index is 0.400. The molecule has 0 aliphatic rings. The predicted octanol–water partition coefficient (Wildman–Crippen LogP) is 2.95. The van der Waals surface area contributed by atoms with Crippen molar-refractivity contribution in [2.75, 3.05) is 7.11 Å². The Labute approximate surface area is 123 Å². The summed E-state index contributed by atoms with van der Waals surface area (Å²) in [6, 6.07) is 6.64. The zero-order chi connectivity index (χ0) is 14.0. The van der Waals surface area contributed by atoms with Crippen molar-refractivity contribution >= 4 is 33.2 Å². The van der Waals surface area contributed by atoms with E-state index in [0.717, 1.165) is 3.79 Å². The molecular weight excluding hydrogens is 330 g/mol. The lowest BCUT2D eigenvalue weighted by atomic mass is 9.96. The van der Waals surface area contributed by atoms with E-state index in [1.165, 1.54) is 18.4 Å². The number of nitrogens with zero attached hydrogens (tertiary/aromatic N) is 1. The van der Waals surface area contributed by atoms with Crippen LogP contribution in [-0.4, -0.2) is 23.2 Å². The van der Waals surface area contributed by atoms with Gasteiger partial charge in [0.15, 0.2) is 0 Å². The molecule has 0 bridgehead atoms. The van der Waals surface area contributed by atoms with Gasteiger partial charge < -0.3 is 9.84 Å². The third-order valence-corrected chi connectivity index (χ3v) is 4.45. The lowest BCUT2D eigenvalue weighted by Crippen LogP contribution is -2.22. The van der Waals surface area contributed by atoms with Crippen molar-refractivity contribution in [1.82, 2.24) is 4.98 Å². The third kappa shape index (κ3) is 2.86. The van der Waals surface area contributed by atoms with Crippen LogP contribution >= 0.6 is 27.3 Å². The van der Waals surface area contributed by atoms with E-state index in [1.807, 2.05) is 0 Å². The van der Waals surface area contributed by atoms with Crippen LogP contribution in [0.15, 0.2) is 34.2 Å². The molecule has 0 aliphatic carbocycles. The van der Waals surface area contributed by atoms with E-state index < -0.39 is 11.6 Å². The number of benzene rings is 1. The van der Waals surface area contributed by atoms with Gasteiger partial charge in [0.05, 0.1) is 22.7 Å². The van der Waals surface area contributed by atoms with E-state index in [2.05, 4.69) is 25.7 Å². The van der Waals surface area contributed by atoms with Gasteiger partial charge in [0.1, 0.15) is 10.6 Å². The first-order valence-corrected chi connectivity index (χ1v) is 7.09. The second-order valence-electron chi connectivity index (χ2n) is 4.11. The topological polar surface area (TPSA) is 59.4 Å². The van der Waals surface area contributed by atoms with Gasteiger partial charge in [0.2, 0.25) is 0 Å². The highest BCUT2D eigenvalue weighted by Crippen LogP contribution is 2.33.